The first-order valence-electron chi connectivity index (χ1n) is 4.25. The molecule has 0 aromatic carbocycles. The minimum absolute atomic E-state index is 0.0881. The van der Waals surface area contributed by atoms with E-state index in [0.717, 1.165) is 5.69 Å². The van der Waals surface area contributed by atoms with E-state index in [9.17, 15) is 4.79 Å². The molecular weight excluding hydrogens is 180 g/mol. The van der Waals surface area contributed by atoms with Gasteiger partial charge in [-0.05, 0) is 6.92 Å². The van der Waals surface area contributed by atoms with Crippen molar-refractivity contribution in [2.75, 3.05) is 0 Å². The highest BCUT2D eigenvalue weighted by Crippen LogP contribution is 1.98. The monoisotopic (exact) mass is 190 g/mol. The number of nitrogens with zero attached hydrogens (tertiary/aromatic N) is 4. The van der Waals surface area contributed by atoms with E-state index in [1.54, 1.807) is 16.8 Å². The van der Waals surface area contributed by atoms with Crippen LogP contribution in [0.3, 0.4) is 0 Å². The van der Waals surface area contributed by atoms with Gasteiger partial charge in [-0.15, -0.1) is 11.7 Å². The lowest BCUT2D eigenvalue weighted by molar-refractivity contribution is 0.721. The van der Waals surface area contributed by atoms with Crippen LogP contribution in [0.2, 0.25) is 0 Å². The van der Waals surface area contributed by atoms with Gasteiger partial charge in [-0.2, -0.15) is 0 Å². The number of fused-ring (bicyclic) bond motifs is 1. The largest absolute Gasteiger partial charge is 0.306 e. The zero-order valence-electron chi connectivity index (χ0n) is 7.84. The molecule has 72 valence electrons. The summed E-state index contributed by atoms with van der Waals surface area (Å²) in [6.45, 7) is 5.97. The van der Waals surface area contributed by atoms with E-state index in [1.807, 2.05) is 6.92 Å². The fourth-order valence-electron chi connectivity index (χ4n) is 1.39. The Morgan fingerprint density at radius 3 is 3.14 bits per heavy atom. The summed E-state index contributed by atoms with van der Waals surface area (Å²) in [4.78, 5) is 11.8. The van der Waals surface area contributed by atoms with Gasteiger partial charge in [-0.3, -0.25) is 4.79 Å². The lowest BCUT2D eigenvalue weighted by Gasteiger charge is -2.06. The van der Waals surface area contributed by atoms with Gasteiger partial charge < -0.3 is 4.57 Å². The molecule has 0 saturated carbocycles. The Kier molecular flexibility index (Phi) is 1.92. The highest BCUT2D eigenvalue weighted by atomic mass is 16.1. The van der Waals surface area contributed by atoms with E-state index >= 15 is 0 Å². The van der Waals surface area contributed by atoms with Gasteiger partial charge >= 0.3 is 0 Å². The van der Waals surface area contributed by atoms with E-state index < -0.39 is 0 Å². The molecule has 0 fully saturated rings. The predicted octanol–water partition coefficient (Wildman–Crippen LogP) is 0.385. The van der Waals surface area contributed by atoms with Crippen LogP contribution in [-0.4, -0.2) is 19.4 Å². The Morgan fingerprint density at radius 2 is 2.43 bits per heavy atom. The molecule has 0 atom stereocenters. The van der Waals surface area contributed by atoms with Crippen LogP contribution in [0.4, 0.5) is 0 Å². The summed E-state index contributed by atoms with van der Waals surface area (Å²) in [6, 6.07) is 0. The van der Waals surface area contributed by atoms with Gasteiger partial charge in [0, 0.05) is 12.2 Å². The van der Waals surface area contributed by atoms with Crippen LogP contribution >= 0.6 is 0 Å². The van der Waals surface area contributed by atoms with E-state index in [-0.39, 0.29) is 5.56 Å². The minimum Gasteiger partial charge on any atom is -0.306 e. The number of hydrogen-bond donors (Lipinski definition) is 0. The van der Waals surface area contributed by atoms with Crippen LogP contribution in [0, 0.1) is 6.92 Å². The molecule has 0 bridgehead atoms. The summed E-state index contributed by atoms with van der Waals surface area (Å²) in [6.07, 6.45) is 4.92. The second-order valence-electron chi connectivity index (χ2n) is 3.04. The Hall–Kier alpha value is -1.91. The van der Waals surface area contributed by atoms with Crippen molar-refractivity contribution >= 4 is 5.52 Å². The normalized spacial score (nSPS) is 10.6. The lowest BCUT2D eigenvalue weighted by Crippen LogP contribution is -2.23. The van der Waals surface area contributed by atoms with E-state index in [1.165, 1.54) is 10.7 Å². The van der Waals surface area contributed by atoms with Crippen molar-refractivity contribution in [3.05, 3.63) is 41.1 Å². The van der Waals surface area contributed by atoms with Crippen LogP contribution in [0.15, 0.2) is 29.8 Å². The van der Waals surface area contributed by atoms with Gasteiger partial charge in [0.15, 0.2) is 5.52 Å². The maximum absolute atomic E-state index is 11.8. The van der Waals surface area contributed by atoms with Crippen LogP contribution in [0.1, 0.15) is 5.69 Å². The predicted molar refractivity (Wildman–Crippen MR) is 52.2 cm³/mol. The third-order valence-corrected chi connectivity index (χ3v) is 2.09. The maximum Gasteiger partial charge on any atom is 0.278 e. The van der Waals surface area contributed by atoms with Crippen molar-refractivity contribution in [3.63, 3.8) is 0 Å². The third-order valence-electron chi connectivity index (χ3n) is 2.09. The van der Waals surface area contributed by atoms with Gasteiger partial charge in [-0.25, -0.2) is 4.52 Å². The lowest BCUT2D eigenvalue weighted by atomic mass is 10.4. The summed E-state index contributed by atoms with van der Waals surface area (Å²) in [5, 5.41) is 7.45. The zero-order chi connectivity index (χ0) is 10.1. The fraction of sp³-hybridized carbons (Fsp3) is 0.222. The molecule has 14 heavy (non-hydrogen) atoms. The number of aromatic nitrogens is 4. The van der Waals surface area contributed by atoms with Crippen LogP contribution in [0.25, 0.3) is 5.52 Å². The molecule has 0 saturated heterocycles. The number of hydrogen-bond acceptors (Lipinski definition) is 3. The molecule has 2 aromatic heterocycles. The highest BCUT2D eigenvalue weighted by Gasteiger charge is 2.05. The summed E-state index contributed by atoms with van der Waals surface area (Å²) in [5.74, 6) is 0. The maximum atomic E-state index is 11.8. The van der Waals surface area contributed by atoms with Crippen molar-refractivity contribution in [2.24, 2.45) is 0 Å². The van der Waals surface area contributed by atoms with Crippen molar-refractivity contribution in [3.8, 4) is 0 Å². The Labute approximate surface area is 80.3 Å². The Bertz CT molecular complexity index is 537. The summed E-state index contributed by atoms with van der Waals surface area (Å²) in [5.41, 5.74) is 1.24. The summed E-state index contributed by atoms with van der Waals surface area (Å²) >= 11 is 0. The van der Waals surface area contributed by atoms with Crippen LogP contribution in [0.5, 0.6) is 0 Å². The standard InChI is InChI=1S/C9H10N4O/c1-3-4-12-7(2)6-13-8(9(12)14)5-10-11-13/h3,5-6H,1,4H2,2H3. The Balaban J connectivity index is 2.82. The van der Waals surface area contributed by atoms with Crippen LogP contribution in [-0.2, 0) is 6.54 Å². The molecule has 0 spiro atoms. The van der Waals surface area contributed by atoms with Crippen molar-refractivity contribution < 1.29 is 0 Å². The fourth-order valence-corrected chi connectivity index (χ4v) is 1.39. The topological polar surface area (TPSA) is 52.2 Å². The van der Waals surface area contributed by atoms with Crippen molar-refractivity contribution in [1.29, 1.82) is 0 Å². The average Bonchev–Trinajstić information content (AvgIpc) is 2.60. The molecule has 2 aromatic rings. The van der Waals surface area contributed by atoms with Gasteiger partial charge in [0.05, 0.1) is 12.4 Å². The highest BCUT2D eigenvalue weighted by molar-refractivity contribution is 5.40. The SMILES string of the molecule is C=CCn1c(C)cn2nncc2c1=O. The first-order valence-corrected chi connectivity index (χ1v) is 4.25. The molecule has 0 amide bonds. The molecule has 0 aliphatic heterocycles. The number of aryl methyl sites for hydroxylation is 1. The zero-order valence-corrected chi connectivity index (χ0v) is 7.84. The second-order valence-corrected chi connectivity index (χ2v) is 3.04. The number of rotatable bonds is 2. The minimum atomic E-state index is -0.0881. The molecule has 2 heterocycles. The van der Waals surface area contributed by atoms with E-state index in [0.29, 0.717) is 12.1 Å². The molecule has 5 heteroatoms. The third kappa shape index (κ3) is 1.14. The molecular formula is C9H10N4O. The quantitative estimate of drug-likeness (QED) is 0.643. The first kappa shape index (κ1) is 8.68. The molecule has 0 unspecified atom stereocenters. The summed E-state index contributed by atoms with van der Waals surface area (Å²) < 4.78 is 3.11. The van der Waals surface area contributed by atoms with E-state index in [4.69, 9.17) is 0 Å². The van der Waals surface area contributed by atoms with Gasteiger partial charge in [0.1, 0.15) is 0 Å². The molecule has 0 aliphatic carbocycles. The smallest absolute Gasteiger partial charge is 0.278 e. The number of allylic oxidation sites excluding steroid dienone is 1. The van der Waals surface area contributed by atoms with Gasteiger partial charge in [-0.1, -0.05) is 11.3 Å². The van der Waals surface area contributed by atoms with Gasteiger partial charge in [0.25, 0.3) is 5.56 Å². The second kappa shape index (κ2) is 3.10. The van der Waals surface area contributed by atoms with Crippen molar-refractivity contribution in [1.82, 2.24) is 19.4 Å². The van der Waals surface area contributed by atoms with Gasteiger partial charge in [0.2, 0.25) is 0 Å². The molecule has 0 radical (unpaired) electrons. The molecule has 0 N–H and O–H groups in total. The van der Waals surface area contributed by atoms with E-state index in [2.05, 4.69) is 16.9 Å². The van der Waals surface area contributed by atoms with Crippen molar-refractivity contribution in [2.45, 2.75) is 13.5 Å². The average molecular weight is 190 g/mol. The molecule has 0 aliphatic rings. The molecule has 5 nitrogen and oxygen atoms in total. The Morgan fingerprint density at radius 1 is 1.64 bits per heavy atom. The first-order chi connectivity index (χ1) is 6.74. The summed E-state index contributed by atoms with van der Waals surface area (Å²) in [7, 11) is 0. The molecule has 2 rings (SSSR count). The van der Waals surface area contributed by atoms with Crippen LogP contribution < -0.4 is 5.56 Å².